The number of halogens is 3. The van der Waals surface area contributed by atoms with Gasteiger partial charge < -0.3 is 9.47 Å². The van der Waals surface area contributed by atoms with Crippen molar-refractivity contribution in [1.29, 1.82) is 0 Å². The Morgan fingerprint density at radius 1 is 0.952 bits per heavy atom. The van der Waals surface area contributed by atoms with Crippen molar-refractivity contribution < 1.29 is 9.47 Å². The lowest BCUT2D eigenvalue weighted by atomic mass is 10.3. The Balaban J connectivity index is 0.000000211. The van der Waals surface area contributed by atoms with E-state index in [1.54, 1.807) is 26.6 Å². The minimum Gasteiger partial charge on any atom is -0.481 e. The number of ether oxygens (including phenoxy) is 2. The molecule has 2 aromatic heterocycles. The van der Waals surface area contributed by atoms with Crippen molar-refractivity contribution in [2.75, 3.05) is 14.2 Å². The van der Waals surface area contributed by atoms with Crippen LogP contribution >= 0.6 is 47.8 Å². The van der Waals surface area contributed by atoms with Gasteiger partial charge in [0.15, 0.2) is 0 Å². The van der Waals surface area contributed by atoms with Gasteiger partial charge in [-0.25, -0.2) is 9.97 Å². The van der Waals surface area contributed by atoms with E-state index in [-0.39, 0.29) is 0 Å². The standard InChI is InChI=1S/C7H7Br2NO.C7H8BrNO/c1-11-7-5(3-8)2-6(9)4-10-7;1-5-3-6(8)4-9-7(5)10-2/h2,4H,3H2,1H3;3-4H,1-2H3. The number of pyridine rings is 2. The van der Waals surface area contributed by atoms with Gasteiger partial charge >= 0.3 is 0 Å². The summed E-state index contributed by atoms with van der Waals surface area (Å²) in [6.45, 7) is 1.95. The molecule has 0 saturated carbocycles. The minimum atomic E-state index is 0.671. The average Bonchev–Trinajstić information content (AvgIpc) is 2.48. The predicted molar refractivity (Wildman–Crippen MR) is 94.3 cm³/mol. The highest BCUT2D eigenvalue weighted by Crippen LogP contribution is 2.21. The summed E-state index contributed by atoms with van der Waals surface area (Å²) < 4.78 is 11.9. The van der Waals surface area contributed by atoms with Crippen LogP contribution in [0.25, 0.3) is 0 Å². The van der Waals surface area contributed by atoms with Gasteiger partial charge in [-0.05, 0) is 50.9 Å². The van der Waals surface area contributed by atoms with E-state index in [9.17, 15) is 0 Å². The summed E-state index contributed by atoms with van der Waals surface area (Å²) in [4.78, 5) is 8.10. The zero-order valence-electron chi connectivity index (χ0n) is 11.9. The lowest BCUT2D eigenvalue weighted by Crippen LogP contribution is -1.92. The molecule has 0 fully saturated rings. The van der Waals surface area contributed by atoms with Gasteiger partial charge in [-0.1, -0.05) is 15.9 Å². The Morgan fingerprint density at radius 3 is 1.95 bits per heavy atom. The van der Waals surface area contributed by atoms with E-state index in [1.807, 2.05) is 19.1 Å². The van der Waals surface area contributed by atoms with Crippen LogP contribution < -0.4 is 9.47 Å². The molecule has 0 radical (unpaired) electrons. The van der Waals surface area contributed by atoms with Crippen LogP contribution in [-0.4, -0.2) is 24.2 Å². The zero-order valence-corrected chi connectivity index (χ0v) is 16.6. The lowest BCUT2D eigenvalue weighted by molar-refractivity contribution is 0.394. The molecule has 0 aliphatic rings. The van der Waals surface area contributed by atoms with Crippen LogP contribution in [0.4, 0.5) is 0 Å². The zero-order chi connectivity index (χ0) is 15.8. The molecule has 7 heteroatoms. The Hall–Kier alpha value is -0.660. The molecule has 2 rings (SSSR count). The van der Waals surface area contributed by atoms with Crippen molar-refractivity contribution in [3.63, 3.8) is 0 Å². The molecule has 0 aliphatic carbocycles. The quantitative estimate of drug-likeness (QED) is 0.583. The number of alkyl halides is 1. The van der Waals surface area contributed by atoms with E-state index in [0.29, 0.717) is 11.8 Å². The second kappa shape index (κ2) is 9.38. The summed E-state index contributed by atoms with van der Waals surface area (Å²) in [6.07, 6.45) is 3.43. The monoisotopic (exact) mass is 480 g/mol. The lowest BCUT2D eigenvalue weighted by Gasteiger charge is -2.03. The van der Waals surface area contributed by atoms with E-state index in [0.717, 1.165) is 25.4 Å². The van der Waals surface area contributed by atoms with Crippen LogP contribution in [0, 0.1) is 6.92 Å². The summed E-state index contributed by atoms with van der Waals surface area (Å²) in [6, 6.07) is 3.94. The van der Waals surface area contributed by atoms with Gasteiger partial charge in [0.25, 0.3) is 0 Å². The second-order valence-electron chi connectivity index (χ2n) is 3.94. The first kappa shape index (κ1) is 18.4. The fourth-order valence-corrected chi connectivity index (χ4v) is 2.72. The van der Waals surface area contributed by atoms with Crippen molar-refractivity contribution in [3.8, 4) is 11.8 Å². The minimum absolute atomic E-state index is 0.671. The maximum absolute atomic E-state index is 5.03. The average molecular weight is 483 g/mol. The predicted octanol–water partition coefficient (Wildman–Crippen LogP) is 4.91. The third-order valence-corrected chi connectivity index (χ3v) is 3.89. The fraction of sp³-hybridized carbons (Fsp3) is 0.286. The SMILES string of the molecule is COc1ncc(Br)cc1C.COc1ncc(Br)cc1CBr. The molecule has 21 heavy (non-hydrogen) atoms. The number of hydrogen-bond acceptors (Lipinski definition) is 4. The van der Waals surface area contributed by atoms with Crippen LogP contribution in [0.1, 0.15) is 11.1 Å². The van der Waals surface area contributed by atoms with Crippen LogP contribution in [0.3, 0.4) is 0 Å². The van der Waals surface area contributed by atoms with Gasteiger partial charge in [-0.3, -0.25) is 0 Å². The molecule has 0 aromatic carbocycles. The highest BCUT2D eigenvalue weighted by Gasteiger charge is 2.02. The van der Waals surface area contributed by atoms with Crippen LogP contribution in [0.5, 0.6) is 11.8 Å². The van der Waals surface area contributed by atoms with Crippen molar-refractivity contribution in [3.05, 3.63) is 44.6 Å². The van der Waals surface area contributed by atoms with Gasteiger partial charge in [0.05, 0.1) is 14.2 Å². The third kappa shape index (κ3) is 5.92. The Bertz CT molecular complexity index is 594. The first-order valence-electron chi connectivity index (χ1n) is 5.92. The van der Waals surface area contributed by atoms with Gasteiger partial charge in [0.1, 0.15) is 0 Å². The largest absolute Gasteiger partial charge is 0.481 e. The van der Waals surface area contributed by atoms with Gasteiger partial charge in [0, 0.05) is 37.8 Å². The summed E-state index contributed by atoms with van der Waals surface area (Å²) in [5, 5.41) is 0.753. The van der Waals surface area contributed by atoms with E-state index in [1.165, 1.54) is 0 Å². The van der Waals surface area contributed by atoms with E-state index in [2.05, 4.69) is 57.8 Å². The first-order chi connectivity index (χ1) is 10.0. The van der Waals surface area contributed by atoms with Crippen LogP contribution in [-0.2, 0) is 5.33 Å². The molecular weight excluding hydrogens is 468 g/mol. The molecule has 2 heterocycles. The second-order valence-corrected chi connectivity index (χ2v) is 6.33. The molecule has 0 atom stereocenters. The third-order valence-electron chi connectivity index (χ3n) is 2.42. The molecule has 4 nitrogen and oxygen atoms in total. The maximum Gasteiger partial charge on any atom is 0.217 e. The number of aryl methyl sites for hydroxylation is 1. The number of nitrogens with zero attached hydrogens (tertiary/aromatic N) is 2. The Kier molecular flexibility index (Phi) is 8.21. The summed E-state index contributed by atoms with van der Waals surface area (Å²) in [5.74, 6) is 1.35. The van der Waals surface area contributed by atoms with Crippen molar-refractivity contribution in [2.45, 2.75) is 12.3 Å². The van der Waals surface area contributed by atoms with Crippen molar-refractivity contribution >= 4 is 47.8 Å². The number of aromatic nitrogens is 2. The summed E-state index contributed by atoms with van der Waals surface area (Å²) in [5.41, 5.74) is 2.08. The van der Waals surface area contributed by atoms with E-state index >= 15 is 0 Å². The molecule has 2 aromatic rings. The Labute approximate surface area is 149 Å². The molecule has 0 N–H and O–H groups in total. The topological polar surface area (TPSA) is 44.2 Å². The molecule has 114 valence electrons. The Morgan fingerprint density at radius 2 is 1.48 bits per heavy atom. The summed E-state index contributed by atoms with van der Waals surface area (Å²) >= 11 is 9.98. The molecule has 0 spiro atoms. The van der Waals surface area contributed by atoms with E-state index in [4.69, 9.17) is 9.47 Å². The van der Waals surface area contributed by atoms with Crippen molar-refractivity contribution in [1.82, 2.24) is 9.97 Å². The molecule has 0 aliphatic heterocycles. The molecule has 0 unspecified atom stereocenters. The molecule has 0 saturated heterocycles. The number of hydrogen-bond donors (Lipinski definition) is 0. The van der Waals surface area contributed by atoms with Crippen LogP contribution in [0.2, 0.25) is 0 Å². The van der Waals surface area contributed by atoms with Crippen LogP contribution in [0.15, 0.2) is 33.5 Å². The number of methoxy groups -OCH3 is 2. The van der Waals surface area contributed by atoms with Gasteiger partial charge in [-0.15, -0.1) is 0 Å². The van der Waals surface area contributed by atoms with Crippen molar-refractivity contribution in [2.24, 2.45) is 0 Å². The fourth-order valence-electron chi connectivity index (χ4n) is 1.49. The van der Waals surface area contributed by atoms with Gasteiger partial charge in [0.2, 0.25) is 11.8 Å². The highest BCUT2D eigenvalue weighted by molar-refractivity contribution is 9.10. The molecule has 0 bridgehead atoms. The molecular formula is C14H15Br3N2O2. The smallest absolute Gasteiger partial charge is 0.217 e. The first-order valence-corrected chi connectivity index (χ1v) is 8.63. The maximum atomic E-state index is 5.03. The summed E-state index contributed by atoms with van der Waals surface area (Å²) in [7, 11) is 3.23. The number of rotatable bonds is 3. The van der Waals surface area contributed by atoms with Gasteiger partial charge in [-0.2, -0.15) is 0 Å². The normalized spacial score (nSPS) is 9.62. The molecule has 0 amide bonds. The van der Waals surface area contributed by atoms with E-state index < -0.39 is 0 Å². The highest BCUT2D eigenvalue weighted by atomic mass is 79.9.